The molecule has 2 rings (SSSR count). The first-order valence-electron chi connectivity index (χ1n) is 4.46. The van der Waals surface area contributed by atoms with Crippen LogP contribution in [0.25, 0.3) is 11.3 Å². The second-order valence-corrected chi connectivity index (χ2v) is 3.41. The quantitative estimate of drug-likeness (QED) is 0.744. The fraction of sp³-hybridized carbons (Fsp3) is 0.182. The Morgan fingerprint density at radius 1 is 1.36 bits per heavy atom. The molecule has 0 aliphatic heterocycles. The van der Waals surface area contributed by atoms with Crippen LogP contribution in [0.15, 0.2) is 30.5 Å². The van der Waals surface area contributed by atoms with Crippen molar-refractivity contribution < 1.29 is 5.11 Å². The van der Waals surface area contributed by atoms with Gasteiger partial charge in [0.05, 0.1) is 6.20 Å². The van der Waals surface area contributed by atoms with Crippen molar-refractivity contribution in [2.75, 3.05) is 0 Å². The summed E-state index contributed by atoms with van der Waals surface area (Å²) in [5.74, 6) is 0.220. The van der Waals surface area contributed by atoms with Crippen LogP contribution in [-0.2, 0) is 7.05 Å². The Morgan fingerprint density at radius 2 is 2.14 bits per heavy atom. The van der Waals surface area contributed by atoms with Crippen molar-refractivity contribution in [3.05, 3.63) is 36.0 Å². The normalized spacial score (nSPS) is 10.4. The third kappa shape index (κ3) is 1.48. The molecule has 0 aliphatic rings. The van der Waals surface area contributed by atoms with E-state index in [1.54, 1.807) is 17.9 Å². The standard InChI is InChI=1S/C11H12N2O/c1-8-4-3-5-9(6-8)11-10(14)7-13(2)12-11/h3-7,14H,1-2H3. The number of nitrogens with zero attached hydrogens (tertiary/aromatic N) is 2. The molecule has 0 aliphatic carbocycles. The minimum atomic E-state index is 0.220. The lowest BCUT2D eigenvalue weighted by atomic mass is 10.1. The van der Waals surface area contributed by atoms with Gasteiger partial charge in [-0.3, -0.25) is 4.68 Å². The summed E-state index contributed by atoms with van der Waals surface area (Å²) in [7, 11) is 1.79. The highest BCUT2D eigenvalue weighted by molar-refractivity contribution is 5.65. The molecule has 14 heavy (non-hydrogen) atoms. The van der Waals surface area contributed by atoms with E-state index in [1.165, 1.54) is 0 Å². The van der Waals surface area contributed by atoms with Gasteiger partial charge in [-0.1, -0.05) is 23.8 Å². The number of aromatic hydroxyl groups is 1. The van der Waals surface area contributed by atoms with Gasteiger partial charge < -0.3 is 5.11 Å². The van der Waals surface area contributed by atoms with Gasteiger partial charge in [-0.05, 0) is 13.0 Å². The summed E-state index contributed by atoms with van der Waals surface area (Å²) in [6, 6.07) is 7.92. The molecule has 0 radical (unpaired) electrons. The van der Waals surface area contributed by atoms with Crippen LogP contribution >= 0.6 is 0 Å². The minimum absolute atomic E-state index is 0.220. The second kappa shape index (κ2) is 3.18. The SMILES string of the molecule is Cc1cccc(-c2nn(C)cc2O)c1. The summed E-state index contributed by atoms with van der Waals surface area (Å²) in [5.41, 5.74) is 2.74. The summed E-state index contributed by atoms with van der Waals surface area (Å²) in [6.07, 6.45) is 1.59. The fourth-order valence-corrected chi connectivity index (χ4v) is 1.47. The van der Waals surface area contributed by atoms with Crippen LogP contribution < -0.4 is 0 Å². The molecule has 0 saturated carbocycles. The van der Waals surface area contributed by atoms with Crippen LogP contribution in [0.5, 0.6) is 5.75 Å². The number of rotatable bonds is 1. The highest BCUT2D eigenvalue weighted by Crippen LogP contribution is 2.27. The first-order chi connectivity index (χ1) is 6.66. The Morgan fingerprint density at radius 3 is 2.71 bits per heavy atom. The molecule has 0 amide bonds. The van der Waals surface area contributed by atoms with Crippen LogP contribution in [0.4, 0.5) is 0 Å². The maximum Gasteiger partial charge on any atom is 0.161 e. The van der Waals surface area contributed by atoms with E-state index in [9.17, 15) is 5.11 Å². The second-order valence-electron chi connectivity index (χ2n) is 3.41. The lowest BCUT2D eigenvalue weighted by molar-refractivity contribution is 0.476. The first-order valence-corrected chi connectivity index (χ1v) is 4.46. The van der Waals surface area contributed by atoms with E-state index in [2.05, 4.69) is 5.10 Å². The first kappa shape index (κ1) is 8.81. The number of aromatic nitrogens is 2. The van der Waals surface area contributed by atoms with E-state index < -0.39 is 0 Å². The summed E-state index contributed by atoms with van der Waals surface area (Å²) in [4.78, 5) is 0. The molecule has 0 atom stereocenters. The van der Waals surface area contributed by atoms with Gasteiger partial charge >= 0.3 is 0 Å². The van der Waals surface area contributed by atoms with Crippen molar-refractivity contribution in [2.45, 2.75) is 6.92 Å². The zero-order valence-corrected chi connectivity index (χ0v) is 8.23. The highest BCUT2D eigenvalue weighted by Gasteiger charge is 2.08. The van der Waals surface area contributed by atoms with E-state index >= 15 is 0 Å². The van der Waals surface area contributed by atoms with Gasteiger partial charge in [0, 0.05) is 12.6 Å². The van der Waals surface area contributed by atoms with Crippen LogP contribution in [0.2, 0.25) is 0 Å². The van der Waals surface area contributed by atoms with Crippen molar-refractivity contribution in [3.63, 3.8) is 0 Å². The van der Waals surface area contributed by atoms with Crippen LogP contribution in [0, 0.1) is 6.92 Å². The number of hydrogen-bond donors (Lipinski definition) is 1. The van der Waals surface area contributed by atoms with Gasteiger partial charge in [0.2, 0.25) is 0 Å². The summed E-state index contributed by atoms with van der Waals surface area (Å²) in [6.45, 7) is 2.02. The zero-order valence-electron chi connectivity index (χ0n) is 8.23. The molecular weight excluding hydrogens is 176 g/mol. The topological polar surface area (TPSA) is 38.0 Å². The molecule has 0 spiro atoms. The molecule has 3 heteroatoms. The van der Waals surface area contributed by atoms with Crippen molar-refractivity contribution >= 4 is 0 Å². The molecular formula is C11H12N2O. The Hall–Kier alpha value is -1.77. The molecule has 2 aromatic rings. The third-order valence-corrected chi connectivity index (χ3v) is 2.10. The summed E-state index contributed by atoms with van der Waals surface area (Å²) < 4.78 is 1.60. The van der Waals surface area contributed by atoms with Crippen LogP contribution in [0.1, 0.15) is 5.56 Å². The highest BCUT2D eigenvalue weighted by atomic mass is 16.3. The van der Waals surface area contributed by atoms with Crippen molar-refractivity contribution in [1.29, 1.82) is 0 Å². The number of hydrogen-bond acceptors (Lipinski definition) is 2. The van der Waals surface area contributed by atoms with E-state index in [0.717, 1.165) is 11.1 Å². The predicted octanol–water partition coefficient (Wildman–Crippen LogP) is 2.10. The molecule has 0 fully saturated rings. The maximum absolute atomic E-state index is 9.59. The van der Waals surface area contributed by atoms with Crippen LogP contribution in [-0.4, -0.2) is 14.9 Å². The molecule has 0 saturated heterocycles. The van der Waals surface area contributed by atoms with E-state index in [4.69, 9.17) is 0 Å². The van der Waals surface area contributed by atoms with E-state index in [-0.39, 0.29) is 5.75 Å². The minimum Gasteiger partial charge on any atom is -0.504 e. The Bertz CT molecular complexity index is 460. The molecule has 3 nitrogen and oxygen atoms in total. The van der Waals surface area contributed by atoms with Crippen molar-refractivity contribution in [3.8, 4) is 17.0 Å². The summed E-state index contributed by atoms with van der Waals surface area (Å²) >= 11 is 0. The number of benzene rings is 1. The third-order valence-electron chi connectivity index (χ3n) is 2.10. The average molecular weight is 188 g/mol. The average Bonchev–Trinajstić information content (AvgIpc) is 2.45. The van der Waals surface area contributed by atoms with Gasteiger partial charge in [0.25, 0.3) is 0 Å². The van der Waals surface area contributed by atoms with Gasteiger partial charge in [0.1, 0.15) is 5.69 Å². The van der Waals surface area contributed by atoms with Crippen molar-refractivity contribution in [1.82, 2.24) is 9.78 Å². The molecule has 1 heterocycles. The molecule has 1 aromatic carbocycles. The van der Waals surface area contributed by atoms with Gasteiger partial charge in [0.15, 0.2) is 5.75 Å². The Balaban J connectivity index is 2.54. The van der Waals surface area contributed by atoms with Gasteiger partial charge in [-0.2, -0.15) is 5.10 Å². The zero-order chi connectivity index (χ0) is 10.1. The lowest BCUT2D eigenvalue weighted by Crippen LogP contribution is -1.87. The lowest BCUT2D eigenvalue weighted by Gasteiger charge is -1.98. The summed E-state index contributed by atoms with van der Waals surface area (Å²) in [5, 5.41) is 13.8. The molecule has 1 N–H and O–H groups in total. The smallest absolute Gasteiger partial charge is 0.161 e. The predicted molar refractivity (Wildman–Crippen MR) is 55.0 cm³/mol. The molecule has 1 aromatic heterocycles. The maximum atomic E-state index is 9.59. The Kier molecular flexibility index (Phi) is 2.00. The molecule has 72 valence electrons. The van der Waals surface area contributed by atoms with Gasteiger partial charge in [-0.25, -0.2) is 0 Å². The van der Waals surface area contributed by atoms with Gasteiger partial charge in [-0.15, -0.1) is 0 Å². The van der Waals surface area contributed by atoms with Crippen LogP contribution in [0.3, 0.4) is 0 Å². The Labute approximate surface area is 82.6 Å². The molecule has 0 bridgehead atoms. The molecule has 0 unspecified atom stereocenters. The fourth-order valence-electron chi connectivity index (χ4n) is 1.47. The largest absolute Gasteiger partial charge is 0.504 e. The van der Waals surface area contributed by atoms with Crippen molar-refractivity contribution in [2.24, 2.45) is 7.05 Å². The van der Waals surface area contributed by atoms with E-state index in [0.29, 0.717) is 5.69 Å². The monoisotopic (exact) mass is 188 g/mol. The van der Waals surface area contributed by atoms with E-state index in [1.807, 2.05) is 31.2 Å². The number of aryl methyl sites for hydroxylation is 2.